The molecule has 0 aromatic heterocycles. The highest BCUT2D eigenvalue weighted by molar-refractivity contribution is 6.00. The first-order valence-corrected chi connectivity index (χ1v) is 11.2. The van der Waals surface area contributed by atoms with E-state index in [1.165, 1.54) is 30.5 Å². The summed E-state index contributed by atoms with van der Waals surface area (Å²) in [6, 6.07) is 14.3. The van der Waals surface area contributed by atoms with Gasteiger partial charge < -0.3 is 10.2 Å². The molecule has 0 atom stereocenters. The van der Waals surface area contributed by atoms with Crippen molar-refractivity contribution in [3.63, 3.8) is 0 Å². The molecule has 2 aromatic rings. The van der Waals surface area contributed by atoms with Gasteiger partial charge in [-0.2, -0.15) is 0 Å². The number of piperidine rings is 1. The average Bonchev–Trinajstić information content (AvgIpc) is 3.58. The first-order chi connectivity index (χ1) is 15.0. The molecule has 0 unspecified atom stereocenters. The van der Waals surface area contributed by atoms with E-state index in [9.17, 15) is 14.0 Å². The Kier molecular flexibility index (Phi) is 5.26. The lowest BCUT2D eigenvalue weighted by molar-refractivity contribution is -0.128. The van der Waals surface area contributed by atoms with Crippen molar-refractivity contribution in [2.75, 3.05) is 36.4 Å². The van der Waals surface area contributed by atoms with Crippen LogP contribution in [0.2, 0.25) is 0 Å². The summed E-state index contributed by atoms with van der Waals surface area (Å²) in [6.45, 7) is 2.52. The second kappa shape index (κ2) is 8.08. The van der Waals surface area contributed by atoms with E-state index < -0.39 is 0 Å². The van der Waals surface area contributed by atoms with Gasteiger partial charge in [0.25, 0.3) is 0 Å². The Morgan fingerprint density at radius 1 is 0.968 bits per heavy atom. The molecule has 2 heterocycles. The molecule has 31 heavy (non-hydrogen) atoms. The summed E-state index contributed by atoms with van der Waals surface area (Å²) in [5, 5.41) is 2.81. The highest BCUT2D eigenvalue weighted by Crippen LogP contribution is 2.44. The van der Waals surface area contributed by atoms with E-state index in [-0.39, 0.29) is 29.6 Å². The van der Waals surface area contributed by atoms with Crippen LogP contribution in [0.1, 0.15) is 43.6 Å². The van der Waals surface area contributed by atoms with Crippen LogP contribution in [0.25, 0.3) is 0 Å². The predicted molar refractivity (Wildman–Crippen MR) is 119 cm³/mol. The largest absolute Gasteiger partial charge is 0.325 e. The van der Waals surface area contributed by atoms with Gasteiger partial charge in [-0.1, -0.05) is 12.1 Å². The van der Waals surface area contributed by atoms with Crippen molar-refractivity contribution in [2.24, 2.45) is 5.41 Å². The Bertz CT molecular complexity index is 961. The highest BCUT2D eigenvalue weighted by atomic mass is 19.1. The molecule has 3 aliphatic rings. The standard InChI is InChI=1S/C25H28FN3O2/c26-20-5-7-21(8-6-20)27-23(30)17-28-14-11-25(12-15-28)13-16-29(24(25)31)22-9-3-19(4-10-22)18-1-2-18/h3-10,18H,1-2,11-17H2,(H,27,30). The molecule has 6 heteroatoms. The minimum atomic E-state index is -0.326. The number of hydrogen-bond donors (Lipinski definition) is 1. The number of amides is 2. The molecule has 2 aromatic carbocycles. The molecule has 1 saturated carbocycles. The molecule has 2 aliphatic heterocycles. The van der Waals surface area contributed by atoms with Crippen LogP contribution in [0, 0.1) is 11.2 Å². The monoisotopic (exact) mass is 421 g/mol. The van der Waals surface area contributed by atoms with Crippen LogP contribution in [0.4, 0.5) is 15.8 Å². The number of nitrogens with one attached hydrogen (secondary N) is 1. The lowest BCUT2D eigenvalue weighted by Crippen LogP contribution is -2.46. The number of likely N-dealkylation sites (tertiary alicyclic amines) is 1. The van der Waals surface area contributed by atoms with Gasteiger partial charge in [-0.15, -0.1) is 0 Å². The second-order valence-corrected chi connectivity index (χ2v) is 9.18. The zero-order valence-corrected chi connectivity index (χ0v) is 17.6. The number of halogens is 1. The first-order valence-electron chi connectivity index (χ1n) is 11.2. The Hall–Kier alpha value is -2.73. The quantitative estimate of drug-likeness (QED) is 0.789. The highest BCUT2D eigenvalue weighted by Gasteiger charge is 2.48. The van der Waals surface area contributed by atoms with Gasteiger partial charge in [0.2, 0.25) is 11.8 Å². The molecule has 1 spiro atoms. The van der Waals surface area contributed by atoms with Gasteiger partial charge >= 0.3 is 0 Å². The van der Waals surface area contributed by atoms with Gasteiger partial charge in [-0.3, -0.25) is 14.5 Å². The first kappa shape index (κ1) is 20.2. The van der Waals surface area contributed by atoms with Gasteiger partial charge in [0, 0.05) is 17.9 Å². The van der Waals surface area contributed by atoms with E-state index in [4.69, 9.17) is 0 Å². The average molecular weight is 422 g/mol. The lowest BCUT2D eigenvalue weighted by atomic mass is 9.77. The van der Waals surface area contributed by atoms with Crippen LogP contribution in [-0.4, -0.2) is 42.9 Å². The van der Waals surface area contributed by atoms with Crippen molar-refractivity contribution in [3.8, 4) is 0 Å². The van der Waals surface area contributed by atoms with Gasteiger partial charge in [-0.05, 0) is 93.1 Å². The lowest BCUT2D eigenvalue weighted by Gasteiger charge is -2.37. The maximum Gasteiger partial charge on any atom is 0.238 e. The molecule has 0 bridgehead atoms. The number of nitrogens with zero attached hydrogens (tertiary/aromatic N) is 2. The van der Waals surface area contributed by atoms with Crippen molar-refractivity contribution < 1.29 is 14.0 Å². The third-order valence-electron chi connectivity index (χ3n) is 7.07. The summed E-state index contributed by atoms with van der Waals surface area (Å²) in [5.74, 6) is 0.521. The molecule has 1 aliphatic carbocycles. The van der Waals surface area contributed by atoms with E-state index in [2.05, 4.69) is 34.5 Å². The normalized spacial score (nSPS) is 20.9. The predicted octanol–water partition coefficient (Wildman–Crippen LogP) is 4.16. The van der Waals surface area contributed by atoms with Crippen LogP contribution < -0.4 is 10.2 Å². The molecular weight excluding hydrogens is 393 g/mol. The van der Waals surface area contributed by atoms with E-state index in [0.717, 1.165) is 50.5 Å². The van der Waals surface area contributed by atoms with Gasteiger partial charge in [0.05, 0.1) is 12.0 Å². The van der Waals surface area contributed by atoms with Crippen molar-refractivity contribution in [1.82, 2.24) is 4.90 Å². The van der Waals surface area contributed by atoms with Crippen LogP contribution in [0.3, 0.4) is 0 Å². The molecular formula is C25H28FN3O2. The third-order valence-corrected chi connectivity index (χ3v) is 7.07. The number of anilines is 2. The summed E-state index contributed by atoms with van der Waals surface area (Å²) < 4.78 is 13.0. The zero-order valence-electron chi connectivity index (χ0n) is 17.6. The fourth-order valence-electron chi connectivity index (χ4n) is 4.95. The van der Waals surface area contributed by atoms with Crippen molar-refractivity contribution >= 4 is 23.2 Å². The molecule has 5 nitrogen and oxygen atoms in total. The molecule has 3 fully saturated rings. The number of carbonyl (C=O) groups is 2. The van der Waals surface area contributed by atoms with Crippen LogP contribution in [0.5, 0.6) is 0 Å². The Morgan fingerprint density at radius 2 is 1.61 bits per heavy atom. The van der Waals surface area contributed by atoms with Crippen LogP contribution >= 0.6 is 0 Å². The minimum Gasteiger partial charge on any atom is -0.325 e. The summed E-state index contributed by atoms with van der Waals surface area (Å²) in [5.41, 5.74) is 2.69. The maximum atomic E-state index is 13.3. The fourth-order valence-corrected chi connectivity index (χ4v) is 4.95. The van der Waals surface area contributed by atoms with Crippen molar-refractivity contribution in [2.45, 2.75) is 38.0 Å². The Balaban J connectivity index is 1.15. The summed E-state index contributed by atoms with van der Waals surface area (Å²) >= 11 is 0. The molecule has 0 radical (unpaired) electrons. The summed E-state index contributed by atoms with van der Waals surface area (Å²) in [6.07, 6.45) is 5.01. The Morgan fingerprint density at radius 3 is 2.26 bits per heavy atom. The number of carbonyl (C=O) groups excluding carboxylic acids is 2. The Labute approximate surface area is 182 Å². The van der Waals surface area contributed by atoms with Crippen molar-refractivity contribution in [3.05, 3.63) is 59.9 Å². The number of benzene rings is 2. The molecule has 2 amide bonds. The SMILES string of the molecule is O=C(CN1CCC2(CC1)CCN(c1ccc(C3CC3)cc1)C2=O)Nc1ccc(F)cc1. The molecule has 162 valence electrons. The fraction of sp³-hybridized carbons (Fsp3) is 0.440. The topological polar surface area (TPSA) is 52.7 Å². The second-order valence-electron chi connectivity index (χ2n) is 9.18. The molecule has 5 rings (SSSR count). The van der Waals surface area contributed by atoms with Crippen LogP contribution in [-0.2, 0) is 9.59 Å². The molecule has 2 saturated heterocycles. The molecule has 1 N–H and O–H groups in total. The zero-order chi connectivity index (χ0) is 21.4. The third kappa shape index (κ3) is 4.22. The summed E-state index contributed by atoms with van der Waals surface area (Å²) in [4.78, 5) is 29.7. The van der Waals surface area contributed by atoms with Gasteiger partial charge in [0.15, 0.2) is 0 Å². The van der Waals surface area contributed by atoms with E-state index in [0.29, 0.717) is 5.69 Å². The van der Waals surface area contributed by atoms with Gasteiger partial charge in [0.1, 0.15) is 5.82 Å². The number of rotatable bonds is 5. The van der Waals surface area contributed by atoms with E-state index >= 15 is 0 Å². The summed E-state index contributed by atoms with van der Waals surface area (Å²) in [7, 11) is 0. The smallest absolute Gasteiger partial charge is 0.238 e. The van der Waals surface area contributed by atoms with Crippen LogP contribution in [0.15, 0.2) is 48.5 Å². The maximum absolute atomic E-state index is 13.3. The van der Waals surface area contributed by atoms with E-state index in [1.54, 1.807) is 12.1 Å². The van der Waals surface area contributed by atoms with Gasteiger partial charge in [-0.25, -0.2) is 4.39 Å². The van der Waals surface area contributed by atoms with Crippen molar-refractivity contribution in [1.29, 1.82) is 0 Å². The number of hydrogen-bond acceptors (Lipinski definition) is 3. The minimum absolute atomic E-state index is 0.113. The van der Waals surface area contributed by atoms with E-state index in [1.807, 2.05) is 4.90 Å².